The van der Waals surface area contributed by atoms with Gasteiger partial charge in [0.05, 0.1) is 10.7 Å². The largest absolute Gasteiger partial charge is 0.464 e. The van der Waals surface area contributed by atoms with Gasteiger partial charge >= 0.3 is 0 Å². The number of halogens is 2. The van der Waals surface area contributed by atoms with Crippen molar-refractivity contribution >= 4 is 39.1 Å². The SMILES string of the molecule is COCOc1c(-c2ccc(N3CCCC3=O)c(Cl)c2)cc(C)nc1Br. The van der Waals surface area contributed by atoms with Gasteiger partial charge in [-0.05, 0) is 53.0 Å². The third-order valence-corrected chi connectivity index (χ3v) is 4.84. The number of anilines is 1. The lowest BCUT2D eigenvalue weighted by atomic mass is 10.0. The van der Waals surface area contributed by atoms with Crippen molar-refractivity contribution in [1.29, 1.82) is 0 Å². The predicted octanol–water partition coefficient (Wildman–Crippen LogP) is 4.58. The molecule has 1 amide bonds. The monoisotopic (exact) mass is 424 g/mol. The van der Waals surface area contributed by atoms with E-state index in [-0.39, 0.29) is 12.7 Å². The minimum Gasteiger partial charge on any atom is -0.464 e. The number of carbonyl (C=O) groups is 1. The summed E-state index contributed by atoms with van der Waals surface area (Å²) in [4.78, 5) is 18.1. The first-order valence-electron chi connectivity index (χ1n) is 7.90. The van der Waals surface area contributed by atoms with E-state index in [1.807, 2.05) is 31.2 Å². The summed E-state index contributed by atoms with van der Waals surface area (Å²) >= 11 is 9.92. The van der Waals surface area contributed by atoms with E-state index >= 15 is 0 Å². The van der Waals surface area contributed by atoms with Gasteiger partial charge in [0, 0.05) is 31.3 Å². The fraction of sp³-hybridized carbons (Fsp3) is 0.333. The van der Waals surface area contributed by atoms with Gasteiger partial charge in [0.15, 0.2) is 12.5 Å². The molecule has 1 aliphatic heterocycles. The normalized spacial score (nSPS) is 14.2. The molecule has 2 heterocycles. The number of ether oxygens (including phenoxy) is 2. The van der Waals surface area contributed by atoms with Crippen LogP contribution in [-0.4, -0.2) is 31.3 Å². The van der Waals surface area contributed by atoms with Gasteiger partial charge in [0.25, 0.3) is 0 Å². The number of hydrogen-bond donors (Lipinski definition) is 0. The number of nitrogens with zero attached hydrogens (tertiary/aromatic N) is 2. The Morgan fingerprint density at radius 1 is 1.36 bits per heavy atom. The van der Waals surface area contributed by atoms with E-state index in [0.29, 0.717) is 28.3 Å². The van der Waals surface area contributed by atoms with Gasteiger partial charge in [-0.2, -0.15) is 0 Å². The predicted molar refractivity (Wildman–Crippen MR) is 101 cm³/mol. The van der Waals surface area contributed by atoms with E-state index in [2.05, 4.69) is 20.9 Å². The molecule has 1 fully saturated rings. The number of hydrogen-bond acceptors (Lipinski definition) is 4. The fourth-order valence-electron chi connectivity index (χ4n) is 2.89. The molecule has 0 spiro atoms. The van der Waals surface area contributed by atoms with Crippen molar-refractivity contribution in [3.8, 4) is 16.9 Å². The number of carbonyl (C=O) groups excluding carboxylic acids is 1. The topological polar surface area (TPSA) is 51.7 Å². The average molecular weight is 426 g/mol. The molecule has 1 aliphatic rings. The van der Waals surface area contributed by atoms with Gasteiger partial charge in [-0.25, -0.2) is 4.98 Å². The summed E-state index contributed by atoms with van der Waals surface area (Å²) in [6.45, 7) is 2.73. The quantitative estimate of drug-likeness (QED) is 0.520. The smallest absolute Gasteiger partial charge is 0.227 e. The van der Waals surface area contributed by atoms with Crippen molar-refractivity contribution in [2.24, 2.45) is 0 Å². The lowest BCUT2D eigenvalue weighted by molar-refractivity contribution is -0.117. The second kappa shape index (κ2) is 7.72. The first-order chi connectivity index (χ1) is 12.0. The van der Waals surface area contributed by atoms with Crippen molar-refractivity contribution in [3.63, 3.8) is 0 Å². The van der Waals surface area contributed by atoms with Crippen molar-refractivity contribution in [2.75, 3.05) is 25.3 Å². The molecule has 0 N–H and O–H groups in total. The van der Waals surface area contributed by atoms with Gasteiger partial charge in [-0.15, -0.1) is 0 Å². The minimum absolute atomic E-state index is 0.112. The third kappa shape index (κ3) is 3.81. The van der Waals surface area contributed by atoms with Gasteiger partial charge in [0.1, 0.15) is 4.60 Å². The Morgan fingerprint density at radius 2 is 2.16 bits per heavy atom. The van der Waals surface area contributed by atoms with Gasteiger partial charge in [-0.1, -0.05) is 17.7 Å². The maximum absolute atomic E-state index is 12.0. The Kier molecular flexibility index (Phi) is 5.61. The molecule has 0 saturated carbocycles. The first-order valence-corrected chi connectivity index (χ1v) is 9.07. The van der Waals surface area contributed by atoms with Crippen LogP contribution in [0.1, 0.15) is 18.5 Å². The zero-order chi connectivity index (χ0) is 18.0. The molecule has 2 aromatic rings. The Balaban J connectivity index is 2.02. The van der Waals surface area contributed by atoms with E-state index < -0.39 is 0 Å². The molecule has 5 nitrogen and oxygen atoms in total. The molecular formula is C18H18BrClN2O3. The van der Waals surface area contributed by atoms with E-state index in [4.69, 9.17) is 21.1 Å². The van der Waals surface area contributed by atoms with Crippen LogP contribution >= 0.6 is 27.5 Å². The van der Waals surface area contributed by atoms with Crippen molar-refractivity contribution < 1.29 is 14.3 Å². The molecule has 1 aromatic carbocycles. The standard InChI is InChI=1S/C18H18BrClN2O3/c1-11-8-13(17(18(19)21-11)25-10-24-2)12-5-6-15(14(20)9-12)22-7-3-4-16(22)23/h5-6,8-9H,3-4,7,10H2,1-2H3. The van der Waals surface area contributed by atoms with E-state index in [0.717, 1.165) is 28.9 Å². The summed E-state index contributed by atoms with van der Waals surface area (Å²) < 4.78 is 11.3. The van der Waals surface area contributed by atoms with Crippen LogP contribution in [-0.2, 0) is 9.53 Å². The van der Waals surface area contributed by atoms with Crippen LogP contribution in [0, 0.1) is 6.92 Å². The zero-order valence-corrected chi connectivity index (χ0v) is 16.4. The maximum Gasteiger partial charge on any atom is 0.227 e. The highest BCUT2D eigenvalue weighted by atomic mass is 79.9. The Bertz CT molecular complexity index is 813. The molecule has 0 radical (unpaired) electrons. The molecule has 3 rings (SSSR count). The second-order valence-corrected chi connectivity index (χ2v) is 6.96. The number of methoxy groups -OCH3 is 1. The maximum atomic E-state index is 12.0. The Morgan fingerprint density at radius 3 is 2.80 bits per heavy atom. The third-order valence-electron chi connectivity index (χ3n) is 4.00. The van der Waals surface area contributed by atoms with Gasteiger partial charge in [0.2, 0.25) is 5.91 Å². The van der Waals surface area contributed by atoms with Gasteiger partial charge < -0.3 is 14.4 Å². The molecule has 1 saturated heterocycles. The number of rotatable bonds is 5. The molecule has 7 heteroatoms. The van der Waals surface area contributed by atoms with Crippen LogP contribution in [0.5, 0.6) is 5.75 Å². The summed E-state index contributed by atoms with van der Waals surface area (Å²) in [5, 5.41) is 0.538. The fourth-order valence-corrected chi connectivity index (χ4v) is 3.78. The number of benzene rings is 1. The number of pyridine rings is 1. The first kappa shape index (κ1) is 18.2. The average Bonchev–Trinajstić information content (AvgIpc) is 2.99. The highest BCUT2D eigenvalue weighted by Gasteiger charge is 2.24. The van der Waals surface area contributed by atoms with Crippen molar-refractivity contribution in [3.05, 3.63) is 39.6 Å². The second-order valence-electron chi connectivity index (χ2n) is 5.80. The Hall–Kier alpha value is -1.63. The molecular weight excluding hydrogens is 408 g/mol. The van der Waals surface area contributed by atoms with Crippen LogP contribution in [0.3, 0.4) is 0 Å². The van der Waals surface area contributed by atoms with E-state index in [1.54, 1.807) is 12.0 Å². The number of amides is 1. The van der Waals surface area contributed by atoms with Crippen LogP contribution in [0.2, 0.25) is 5.02 Å². The molecule has 0 atom stereocenters. The molecule has 25 heavy (non-hydrogen) atoms. The minimum atomic E-state index is 0.112. The highest BCUT2D eigenvalue weighted by molar-refractivity contribution is 9.10. The van der Waals surface area contributed by atoms with Crippen LogP contribution in [0.15, 0.2) is 28.9 Å². The van der Waals surface area contributed by atoms with E-state index in [9.17, 15) is 4.79 Å². The molecule has 0 unspecified atom stereocenters. The molecule has 132 valence electrons. The van der Waals surface area contributed by atoms with E-state index in [1.165, 1.54) is 0 Å². The van der Waals surface area contributed by atoms with Crippen LogP contribution in [0.4, 0.5) is 5.69 Å². The van der Waals surface area contributed by atoms with Crippen LogP contribution < -0.4 is 9.64 Å². The zero-order valence-electron chi connectivity index (χ0n) is 14.0. The highest BCUT2D eigenvalue weighted by Crippen LogP contribution is 2.39. The number of aryl methyl sites for hydroxylation is 1. The van der Waals surface area contributed by atoms with Crippen LogP contribution in [0.25, 0.3) is 11.1 Å². The molecule has 0 bridgehead atoms. The van der Waals surface area contributed by atoms with Crippen molar-refractivity contribution in [2.45, 2.75) is 19.8 Å². The Labute approximate surface area is 160 Å². The van der Waals surface area contributed by atoms with Gasteiger partial charge in [-0.3, -0.25) is 4.79 Å². The lowest BCUT2D eigenvalue weighted by Gasteiger charge is -2.19. The number of aromatic nitrogens is 1. The summed E-state index contributed by atoms with van der Waals surface area (Å²) in [5.41, 5.74) is 3.34. The molecule has 0 aliphatic carbocycles. The summed E-state index contributed by atoms with van der Waals surface area (Å²) in [7, 11) is 1.56. The summed E-state index contributed by atoms with van der Waals surface area (Å²) in [6.07, 6.45) is 1.44. The van der Waals surface area contributed by atoms with Crippen molar-refractivity contribution in [1.82, 2.24) is 4.98 Å². The lowest BCUT2D eigenvalue weighted by Crippen LogP contribution is -2.23. The summed E-state index contributed by atoms with van der Waals surface area (Å²) in [6, 6.07) is 7.60. The molecule has 1 aromatic heterocycles. The summed E-state index contributed by atoms with van der Waals surface area (Å²) in [5.74, 6) is 0.704.